The van der Waals surface area contributed by atoms with Gasteiger partial charge in [-0.25, -0.2) is 0 Å². The van der Waals surface area contributed by atoms with Gasteiger partial charge >= 0.3 is 12.3 Å². The summed E-state index contributed by atoms with van der Waals surface area (Å²) in [6, 6.07) is 4.66. The smallest absolute Gasteiger partial charge is 0.481 e. The highest BCUT2D eigenvalue weighted by Gasteiger charge is 2.31. The van der Waals surface area contributed by atoms with Gasteiger partial charge in [-0.05, 0) is 25.1 Å². The molecule has 0 heterocycles. The molecule has 0 radical (unpaired) electrons. The van der Waals surface area contributed by atoms with Crippen LogP contribution in [0, 0.1) is 0 Å². The van der Waals surface area contributed by atoms with Crippen LogP contribution in [-0.2, 0) is 4.79 Å². The molecule has 0 atom stereocenters. The van der Waals surface area contributed by atoms with Gasteiger partial charge in [0, 0.05) is 18.7 Å². The van der Waals surface area contributed by atoms with Gasteiger partial charge in [0.1, 0.15) is 5.75 Å². The fourth-order valence-corrected chi connectivity index (χ4v) is 1.64. The number of rotatable bonds is 6. The second-order valence-corrected chi connectivity index (χ2v) is 4.10. The van der Waals surface area contributed by atoms with Crippen molar-refractivity contribution < 1.29 is 32.6 Å². The number of ether oxygens (including phenoxy) is 1. The first-order valence-electron chi connectivity index (χ1n) is 6.10. The van der Waals surface area contributed by atoms with E-state index in [1.807, 2.05) is 0 Å². The highest BCUT2D eigenvalue weighted by molar-refractivity contribution is 5.94. The summed E-state index contributed by atoms with van der Waals surface area (Å²) in [4.78, 5) is 23.8. The van der Waals surface area contributed by atoms with Crippen molar-refractivity contribution in [2.75, 3.05) is 13.1 Å². The number of alkyl halides is 3. The SMILES string of the molecule is CCN(CCC(=O)O)C(=O)c1cccc(OC(F)(F)F)c1. The molecular weight excluding hydrogens is 291 g/mol. The Morgan fingerprint density at radius 3 is 2.52 bits per heavy atom. The van der Waals surface area contributed by atoms with Crippen molar-refractivity contribution in [1.82, 2.24) is 4.90 Å². The molecule has 116 valence electrons. The number of halogens is 3. The molecule has 1 amide bonds. The summed E-state index contributed by atoms with van der Waals surface area (Å²) in [5.74, 6) is -2.11. The van der Waals surface area contributed by atoms with Crippen LogP contribution in [0.2, 0.25) is 0 Å². The first kappa shape index (κ1) is 16.8. The Balaban J connectivity index is 2.85. The molecular formula is C13H14F3NO4. The highest BCUT2D eigenvalue weighted by atomic mass is 19.4. The maximum Gasteiger partial charge on any atom is 0.573 e. The molecule has 21 heavy (non-hydrogen) atoms. The Morgan fingerprint density at radius 2 is 2.00 bits per heavy atom. The molecule has 0 saturated heterocycles. The van der Waals surface area contributed by atoms with Crippen LogP contribution in [0.1, 0.15) is 23.7 Å². The molecule has 0 aliphatic heterocycles. The second-order valence-electron chi connectivity index (χ2n) is 4.10. The van der Waals surface area contributed by atoms with Crippen molar-refractivity contribution in [2.24, 2.45) is 0 Å². The minimum absolute atomic E-state index is 0.00369. The minimum atomic E-state index is -4.84. The summed E-state index contributed by atoms with van der Waals surface area (Å²) in [6.07, 6.45) is -5.08. The molecule has 0 unspecified atom stereocenters. The topological polar surface area (TPSA) is 66.8 Å². The van der Waals surface area contributed by atoms with Gasteiger partial charge in [-0.2, -0.15) is 0 Å². The van der Waals surface area contributed by atoms with Crippen LogP contribution in [0.5, 0.6) is 5.75 Å². The maximum absolute atomic E-state index is 12.1. The van der Waals surface area contributed by atoms with E-state index in [-0.39, 0.29) is 25.1 Å². The third-order valence-corrected chi connectivity index (χ3v) is 2.58. The molecule has 8 heteroatoms. The van der Waals surface area contributed by atoms with E-state index in [4.69, 9.17) is 5.11 Å². The zero-order chi connectivity index (χ0) is 16.0. The van der Waals surface area contributed by atoms with E-state index in [0.29, 0.717) is 0 Å². The van der Waals surface area contributed by atoms with Crippen LogP contribution in [0.25, 0.3) is 0 Å². The Hall–Kier alpha value is -2.25. The number of amides is 1. The molecule has 0 saturated carbocycles. The van der Waals surface area contributed by atoms with E-state index in [2.05, 4.69) is 4.74 Å². The number of hydrogen-bond donors (Lipinski definition) is 1. The van der Waals surface area contributed by atoms with Gasteiger partial charge in [0.2, 0.25) is 0 Å². The van der Waals surface area contributed by atoms with E-state index in [1.54, 1.807) is 6.92 Å². The monoisotopic (exact) mass is 305 g/mol. The molecule has 0 aliphatic rings. The summed E-state index contributed by atoms with van der Waals surface area (Å²) < 4.78 is 40.1. The Bertz CT molecular complexity index is 516. The zero-order valence-corrected chi connectivity index (χ0v) is 11.2. The first-order chi connectivity index (χ1) is 9.73. The lowest BCUT2D eigenvalue weighted by Gasteiger charge is -2.20. The minimum Gasteiger partial charge on any atom is -0.481 e. The summed E-state index contributed by atoms with van der Waals surface area (Å²) in [5, 5.41) is 8.60. The fraction of sp³-hybridized carbons (Fsp3) is 0.385. The standard InChI is InChI=1S/C13H14F3NO4/c1-2-17(7-6-11(18)19)12(20)9-4-3-5-10(8-9)21-13(14,15)16/h3-5,8H,2,6-7H2,1H3,(H,18,19). The molecule has 0 spiro atoms. The van der Waals surface area contributed by atoms with Gasteiger partial charge < -0.3 is 14.7 Å². The van der Waals surface area contributed by atoms with Crippen molar-refractivity contribution in [3.63, 3.8) is 0 Å². The Labute approximate surface area is 118 Å². The number of nitrogens with zero attached hydrogens (tertiary/aromatic N) is 1. The fourth-order valence-electron chi connectivity index (χ4n) is 1.64. The van der Waals surface area contributed by atoms with E-state index in [1.165, 1.54) is 17.0 Å². The van der Waals surface area contributed by atoms with Crippen LogP contribution in [0.4, 0.5) is 13.2 Å². The van der Waals surface area contributed by atoms with Crippen molar-refractivity contribution in [2.45, 2.75) is 19.7 Å². The lowest BCUT2D eigenvalue weighted by atomic mass is 10.2. The molecule has 5 nitrogen and oxygen atoms in total. The van der Waals surface area contributed by atoms with Gasteiger partial charge in [0.05, 0.1) is 6.42 Å². The lowest BCUT2D eigenvalue weighted by Crippen LogP contribution is -2.32. The number of carboxylic acids is 1. The van der Waals surface area contributed by atoms with E-state index < -0.39 is 24.0 Å². The zero-order valence-electron chi connectivity index (χ0n) is 11.2. The number of hydrogen-bond acceptors (Lipinski definition) is 3. The van der Waals surface area contributed by atoms with E-state index >= 15 is 0 Å². The summed E-state index contributed by atoms with van der Waals surface area (Å²) in [6.45, 7) is 1.88. The van der Waals surface area contributed by atoms with Crippen molar-refractivity contribution in [3.8, 4) is 5.75 Å². The van der Waals surface area contributed by atoms with Crippen LogP contribution in [-0.4, -0.2) is 41.3 Å². The largest absolute Gasteiger partial charge is 0.573 e. The summed E-state index contributed by atoms with van der Waals surface area (Å²) in [5.41, 5.74) is 0.00369. The number of carbonyl (C=O) groups excluding carboxylic acids is 1. The van der Waals surface area contributed by atoms with Gasteiger partial charge in [0.15, 0.2) is 0 Å². The molecule has 0 fully saturated rings. The second kappa shape index (κ2) is 6.96. The summed E-state index contributed by atoms with van der Waals surface area (Å²) in [7, 11) is 0. The van der Waals surface area contributed by atoms with E-state index in [9.17, 15) is 22.8 Å². The van der Waals surface area contributed by atoms with Crippen molar-refractivity contribution in [3.05, 3.63) is 29.8 Å². The summed E-state index contributed by atoms with van der Waals surface area (Å²) >= 11 is 0. The normalized spacial score (nSPS) is 11.0. The van der Waals surface area contributed by atoms with Crippen LogP contribution in [0.15, 0.2) is 24.3 Å². The first-order valence-corrected chi connectivity index (χ1v) is 6.10. The number of aliphatic carboxylic acids is 1. The van der Waals surface area contributed by atoms with Gasteiger partial charge in [0.25, 0.3) is 5.91 Å². The van der Waals surface area contributed by atoms with Crippen LogP contribution >= 0.6 is 0 Å². The third kappa shape index (κ3) is 5.72. The molecule has 1 rings (SSSR count). The highest BCUT2D eigenvalue weighted by Crippen LogP contribution is 2.23. The van der Waals surface area contributed by atoms with Crippen LogP contribution in [0.3, 0.4) is 0 Å². The van der Waals surface area contributed by atoms with Gasteiger partial charge in [-0.1, -0.05) is 6.07 Å². The number of benzene rings is 1. The number of carbonyl (C=O) groups is 2. The predicted molar refractivity (Wildman–Crippen MR) is 67.0 cm³/mol. The third-order valence-electron chi connectivity index (χ3n) is 2.58. The molecule has 0 aliphatic carbocycles. The Kier molecular flexibility index (Phi) is 5.57. The van der Waals surface area contributed by atoms with Crippen molar-refractivity contribution >= 4 is 11.9 Å². The average Bonchev–Trinajstić information content (AvgIpc) is 2.37. The quantitative estimate of drug-likeness (QED) is 0.877. The molecule has 1 aromatic carbocycles. The van der Waals surface area contributed by atoms with Gasteiger partial charge in [-0.15, -0.1) is 13.2 Å². The van der Waals surface area contributed by atoms with Crippen molar-refractivity contribution in [1.29, 1.82) is 0 Å². The van der Waals surface area contributed by atoms with E-state index in [0.717, 1.165) is 12.1 Å². The maximum atomic E-state index is 12.1. The molecule has 1 aromatic rings. The molecule has 0 aromatic heterocycles. The average molecular weight is 305 g/mol. The molecule has 1 N–H and O–H groups in total. The Morgan fingerprint density at radius 1 is 1.33 bits per heavy atom. The lowest BCUT2D eigenvalue weighted by molar-refractivity contribution is -0.274. The molecule has 0 bridgehead atoms. The number of carboxylic acid groups (broad SMARTS) is 1. The van der Waals surface area contributed by atoms with Gasteiger partial charge in [-0.3, -0.25) is 9.59 Å². The predicted octanol–water partition coefficient (Wildman–Crippen LogP) is 2.52. The van der Waals surface area contributed by atoms with Crippen LogP contribution < -0.4 is 4.74 Å².